The Balaban J connectivity index is 0.00000264. The van der Waals surface area contributed by atoms with Crippen molar-refractivity contribution in [1.29, 1.82) is 0 Å². The first-order chi connectivity index (χ1) is 10.6. The van der Waals surface area contributed by atoms with E-state index in [0.717, 1.165) is 30.5 Å². The number of hydrogen-bond acceptors (Lipinski definition) is 3. The van der Waals surface area contributed by atoms with Gasteiger partial charge < -0.3 is 16.0 Å². The normalized spacial score (nSPS) is 15.0. The van der Waals surface area contributed by atoms with Crippen molar-refractivity contribution in [3.8, 4) is 0 Å². The summed E-state index contributed by atoms with van der Waals surface area (Å²) >= 11 is 0. The number of anilines is 1. The molecule has 1 aliphatic rings. The standard InChI is InChI=1S/C17H25N3O2.ClH/c1-12(10-18-2)16(21)19-11-13-5-3-8-15(9-13)20-17(22)14-6-4-7-14;/h3,5,8-9,12,14,18H,4,6-7,10-11H2,1-2H3,(H,19,21)(H,20,22);1H. The van der Waals surface area contributed by atoms with Gasteiger partial charge in [-0.2, -0.15) is 0 Å². The summed E-state index contributed by atoms with van der Waals surface area (Å²) < 4.78 is 0. The Morgan fingerprint density at radius 2 is 2.04 bits per heavy atom. The summed E-state index contributed by atoms with van der Waals surface area (Å²) in [4.78, 5) is 23.8. The second-order valence-electron chi connectivity index (χ2n) is 5.99. The van der Waals surface area contributed by atoms with Gasteiger partial charge >= 0.3 is 0 Å². The smallest absolute Gasteiger partial charge is 0.227 e. The Bertz CT molecular complexity index is 532. The van der Waals surface area contributed by atoms with Crippen molar-refractivity contribution in [2.45, 2.75) is 32.7 Å². The molecule has 0 spiro atoms. The summed E-state index contributed by atoms with van der Waals surface area (Å²) in [5.41, 5.74) is 1.78. The van der Waals surface area contributed by atoms with Gasteiger partial charge in [-0.3, -0.25) is 9.59 Å². The highest BCUT2D eigenvalue weighted by atomic mass is 35.5. The molecule has 6 heteroatoms. The highest BCUT2D eigenvalue weighted by Gasteiger charge is 2.25. The Kier molecular flexibility index (Phi) is 8.06. The molecule has 1 fully saturated rings. The lowest BCUT2D eigenvalue weighted by molar-refractivity contribution is -0.124. The number of benzene rings is 1. The van der Waals surface area contributed by atoms with E-state index in [9.17, 15) is 9.59 Å². The molecule has 1 aliphatic carbocycles. The van der Waals surface area contributed by atoms with E-state index in [2.05, 4.69) is 16.0 Å². The first kappa shape index (κ1) is 19.5. The number of rotatable bonds is 7. The first-order valence-corrected chi connectivity index (χ1v) is 7.92. The molecular formula is C17H26ClN3O2. The van der Waals surface area contributed by atoms with Gasteiger partial charge in [0.25, 0.3) is 0 Å². The summed E-state index contributed by atoms with van der Waals surface area (Å²) in [6, 6.07) is 7.64. The molecular weight excluding hydrogens is 314 g/mol. The highest BCUT2D eigenvalue weighted by molar-refractivity contribution is 5.93. The number of halogens is 1. The van der Waals surface area contributed by atoms with Gasteiger partial charge in [-0.05, 0) is 37.6 Å². The fraction of sp³-hybridized carbons (Fsp3) is 0.529. The van der Waals surface area contributed by atoms with E-state index >= 15 is 0 Å². The Labute approximate surface area is 144 Å². The molecule has 1 atom stereocenters. The van der Waals surface area contributed by atoms with E-state index < -0.39 is 0 Å². The van der Waals surface area contributed by atoms with Crippen LogP contribution >= 0.6 is 12.4 Å². The molecule has 128 valence electrons. The van der Waals surface area contributed by atoms with Gasteiger partial charge in [-0.1, -0.05) is 25.5 Å². The molecule has 23 heavy (non-hydrogen) atoms. The van der Waals surface area contributed by atoms with Gasteiger partial charge in [0.05, 0.1) is 0 Å². The molecule has 1 unspecified atom stereocenters. The molecule has 0 radical (unpaired) electrons. The van der Waals surface area contributed by atoms with Crippen LogP contribution in [0.15, 0.2) is 24.3 Å². The van der Waals surface area contributed by atoms with Gasteiger partial charge in [-0.15, -0.1) is 12.4 Å². The topological polar surface area (TPSA) is 70.2 Å². The highest BCUT2D eigenvalue weighted by Crippen LogP contribution is 2.27. The number of carbonyl (C=O) groups is 2. The lowest BCUT2D eigenvalue weighted by Crippen LogP contribution is -2.33. The maximum atomic E-state index is 11.9. The van der Waals surface area contributed by atoms with E-state index in [1.54, 1.807) is 0 Å². The monoisotopic (exact) mass is 339 g/mol. The van der Waals surface area contributed by atoms with Crippen molar-refractivity contribution in [3.05, 3.63) is 29.8 Å². The molecule has 1 saturated carbocycles. The van der Waals surface area contributed by atoms with Crippen LogP contribution in [-0.4, -0.2) is 25.4 Å². The van der Waals surface area contributed by atoms with E-state index in [4.69, 9.17) is 0 Å². The van der Waals surface area contributed by atoms with Crippen molar-refractivity contribution in [3.63, 3.8) is 0 Å². The molecule has 0 bridgehead atoms. The van der Waals surface area contributed by atoms with E-state index in [0.29, 0.717) is 13.1 Å². The van der Waals surface area contributed by atoms with Crippen LogP contribution < -0.4 is 16.0 Å². The van der Waals surface area contributed by atoms with E-state index in [1.165, 1.54) is 0 Å². The zero-order chi connectivity index (χ0) is 15.9. The SMILES string of the molecule is CNCC(C)C(=O)NCc1cccc(NC(=O)C2CCC2)c1.Cl. The largest absolute Gasteiger partial charge is 0.352 e. The van der Waals surface area contributed by atoms with Crippen molar-refractivity contribution >= 4 is 29.9 Å². The average Bonchev–Trinajstić information content (AvgIpc) is 2.43. The minimum atomic E-state index is -0.0634. The zero-order valence-corrected chi connectivity index (χ0v) is 14.5. The third-order valence-electron chi connectivity index (χ3n) is 4.10. The molecule has 2 rings (SSSR count). The molecule has 3 N–H and O–H groups in total. The van der Waals surface area contributed by atoms with Crippen LogP contribution in [0.1, 0.15) is 31.7 Å². The zero-order valence-electron chi connectivity index (χ0n) is 13.7. The predicted molar refractivity (Wildman–Crippen MR) is 94.6 cm³/mol. The molecule has 0 aliphatic heterocycles. The third-order valence-corrected chi connectivity index (χ3v) is 4.10. The first-order valence-electron chi connectivity index (χ1n) is 7.92. The lowest BCUT2D eigenvalue weighted by Gasteiger charge is -2.24. The van der Waals surface area contributed by atoms with Crippen LogP contribution in [0.3, 0.4) is 0 Å². The van der Waals surface area contributed by atoms with Crippen molar-refractivity contribution in [2.75, 3.05) is 18.9 Å². The van der Waals surface area contributed by atoms with Crippen LogP contribution in [-0.2, 0) is 16.1 Å². The minimum Gasteiger partial charge on any atom is -0.352 e. The van der Waals surface area contributed by atoms with Gasteiger partial charge in [0.2, 0.25) is 11.8 Å². The van der Waals surface area contributed by atoms with Gasteiger partial charge in [0, 0.05) is 30.6 Å². The molecule has 0 heterocycles. The van der Waals surface area contributed by atoms with Crippen LogP contribution in [0.5, 0.6) is 0 Å². The van der Waals surface area contributed by atoms with Crippen molar-refractivity contribution < 1.29 is 9.59 Å². The van der Waals surface area contributed by atoms with Crippen LogP contribution in [0.2, 0.25) is 0 Å². The maximum absolute atomic E-state index is 11.9. The summed E-state index contributed by atoms with van der Waals surface area (Å²) in [6.07, 6.45) is 3.13. The fourth-order valence-electron chi connectivity index (χ4n) is 2.44. The van der Waals surface area contributed by atoms with Crippen molar-refractivity contribution in [1.82, 2.24) is 10.6 Å². The number of carbonyl (C=O) groups excluding carboxylic acids is 2. The summed E-state index contributed by atoms with van der Waals surface area (Å²) in [6.45, 7) is 3.02. The molecule has 1 aromatic carbocycles. The second kappa shape index (κ2) is 9.53. The number of hydrogen-bond donors (Lipinski definition) is 3. The average molecular weight is 340 g/mol. The second-order valence-corrected chi connectivity index (χ2v) is 5.99. The summed E-state index contributed by atoms with van der Waals surface area (Å²) in [5, 5.41) is 8.86. The number of amides is 2. The van der Waals surface area contributed by atoms with Gasteiger partial charge in [-0.25, -0.2) is 0 Å². The number of nitrogens with one attached hydrogen (secondary N) is 3. The molecule has 0 saturated heterocycles. The third kappa shape index (κ3) is 5.84. The summed E-state index contributed by atoms with van der Waals surface area (Å²) in [7, 11) is 1.83. The van der Waals surface area contributed by atoms with E-state index in [1.807, 2.05) is 38.2 Å². The van der Waals surface area contributed by atoms with Crippen LogP contribution in [0.25, 0.3) is 0 Å². The maximum Gasteiger partial charge on any atom is 0.227 e. The molecule has 1 aromatic rings. The Morgan fingerprint density at radius 1 is 1.30 bits per heavy atom. The van der Waals surface area contributed by atoms with Crippen LogP contribution in [0, 0.1) is 11.8 Å². The molecule has 2 amide bonds. The predicted octanol–water partition coefficient (Wildman–Crippen LogP) is 2.32. The van der Waals surface area contributed by atoms with Crippen LogP contribution in [0.4, 0.5) is 5.69 Å². The summed E-state index contributed by atoms with van der Waals surface area (Å²) in [5.74, 6) is 0.241. The molecule has 0 aromatic heterocycles. The fourth-order valence-corrected chi connectivity index (χ4v) is 2.44. The Morgan fingerprint density at radius 3 is 2.65 bits per heavy atom. The lowest BCUT2D eigenvalue weighted by atomic mass is 9.85. The quantitative estimate of drug-likeness (QED) is 0.714. The Hall–Kier alpha value is -1.59. The minimum absolute atomic E-state index is 0. The van der Waals surface area contributed by atoms with Gasteiger partial charge in [0.15, 0.2) is 0 Å². The van der Waals surface area contributed by atoms with Crippen molar-refractivity contribution in [2.24, 2.45) is 11.8 Å². The molecule has 5 nitrogen and oxygen atoms in total. The van der Waals surface area contributed by atoms with Gasteiger partial charge in [0.1, 0.15) is 0 Å². The van der Waals surface area contributed by atoms with E-state index in [-0.39, 0.29) is 36.1 Å².